The Morgan fingerprint density at radius 2 is 1.91 bits per heavy atom. The van der Waals surface area contributed by atoms with Crippen LogP contribution in [-0.2, 0) is 21.4 Å². The molecule has 3 saturated carbocycles. The lowest BCUT2D eigenvalue weighted by atomic mass is 9.54. The van der Waals surface area contributed by atoms with Crippen molar-refractivity contribution in [2.24, 2.45) is 23.2 Å². The van der Waals surface area contributed by atoms with Gasteiger partial charge in [-0.2, -0.15) is 0 Å². The van der Waals surface area contributed by atoms with Crippen molar-refractivity contribution in [3.05, 3.63) is 70.3 Å². The minimum atomic E-state index is -0.179. The predicted octanol–water partition coefficient (Wildman–Crippen LogP) is 10.5. The second-order valence-electron chi connectivity index (χ2n) is 15.5. The van der Waals surface area contributed by atoms with Crippen LogP contribution in [0.1, 0.15) is 140 Å². The summed E-state index contributed by atoms with van der Waals surface area (Å²) in [5.41, 5.74) is 6.86. The largest absolute Gasteiger partial charge is 0.313 e. The van der Waals surface area contributed by atoms with E-state index in [1.54, 1.807) is 6.21 Å². The number of carbonyl (C=O) groups excluding carboxylic acids is 2. The lowest BCUT2D eigenvalue weighted by molar-refractivity contribution is -0.121. The molecule has 2 unspecified atom stereocenters. The van der Waals surface area contributed by atoms with Gasteiger partial charge in [-0.05, 0) is 129 Å². The third-order valence-corrected chi connectivity index (χ3v) is 11.5. The highest BCUT2D eigenvalue weighted by molar-refractivity contribution is 6.20. The molecule has 4 heteroatoms. The van der Waals surface area contributed by atoms with Gasteiger partial charge in [0.05, 0.1) is 12.2 Å². The van der Waals surface area contributed by atoms with Gasteiger partial charge in [0.2, 0.25) is 0 Å². The molecule has 244 valence electrons. The summed E-state index contributed by atoms with van der Waals surface area (Å²) in [5, 5.41) is 7.75. The molecule has 5 rings (SSSR count). The van der Waals surface area contributed by atoms with Gasteiger partial charge < -0.3 is 5.41 Å². The lowest BCUT2D eigenvalue weighted by Crippen LogP contribution is -2.42. The number of halogens is 1. The average molecular weight is 614 g/mol. The molecule has 0 radical (unpaired) electrons. The first-order valence-electron chi connectivity index (χ1n) is 18.0. The number of aryl methyl sites for hydroxylation is 1. The maximum Gasteiger partial charge on any atom is 0.166 e. The van der Waals surface area contributed by atoms with Crippen molar-refractivity contribution in [3.8, 4) is 0 Å². The quantitative estimate of drug-likeness (QED) is 0.0822. The van der Waals surface area contributed by atoms with Gasteiger partial charge in [-0.1, -0.05) is 75.6 Å². The van der Waals surface area contributed by atoms with E-state index in [-0.39, 0.29) is 29.1 Å². The Bertz CT molecular complexity index is 1340. The topological polar surface area (TPSA) is 58.0 Å². The van der Waals surface area contributed by atoms with E-state index in [2.05, 4.69) is 51.6 Å². The van der Waals surface area contributed by atoms with Gasteiger partial charge in [0.15, 0.2) is 11.6 Å². The van der Waals surface area contributed by atoms with Crippen LogP contribution in [0.5, 0.6) is 0 Å². The Kier molecular flexibility index (Phi) is 10.8. The average Bonchev–Trinajstić information content (AvgIpc) is 3.93. The van der Waals surface area contributed by atoms with Gasteiger partial charge in [-0.25, -0.2) is 0 Å². The zero-order valence-electron chi connectivity index (χ0n) is 28.2. The second-order valence-corrected chi connectivity index (χ2v) is 15.5. The Morgan fingerprint density at radius 3 is 2.56 bits per heavy atom. The van der Waals surface area contributed by atoms with E-state index in [1.807, 2.05) is 6.08 Å². The summed E-state index contributed by atoms with van der Waals surface area (Å²) >= 11 is 0. The first kappa shape index (κ1) is 33.7. The molecule has 0 aliphatic heterocycles. The highest BCUT2D eigenvalue weighted by Gasteiger charge is 2.52. The van der Waals surface area contributed by atoms with Gasteiger partial charge in [0.25, 0.3) is 0 Å². The van der Waals surface area contributed by atoms with E-state index in [0.717, 1.165) is 95.5 Å². The number of nitrogens with one attached hydrogen (secondary N) is 1. The molecule has 2 atom stereocenters. The molecular weight excluding hydrogens is 557 g/mol. The Hall–Kier alpha value is -2.62. The first-order valence-corrected chi connectivity index (χ1v) is 18.0. The van der Waals surface area contributed by atoms with E-state index in [1.165, 1.54) is 22.3 Å². The predicted molar refractivity (Wildman–Crippen MR) is 184 cm³/mol. The SMILES string of the molecule is C=C(C1CC1C=N)[C@]1(c2ccc(C(C)C)c(CCCC(=O)/C3=C/C(CCCCCC4(CF)CC4)=C\CCCC3=O)c2)C[C@H](C)C1. The number of hydrogen-bond donors (Lipinski definition) is 1. The number of Topliss-reactive ketones (excluding diaryl/α,β-unsaturated/α-hetero) is 2. The smallest absolute Gasteiger partial charge is 0.166 e. The molecular formula is C41H56FNO2. The van der Waals surface area contributed by atoms with Crippen LogP contribution < -0.4 is 0 Å². The third kappa shape index (κ3) is 7.86. The zero-order valence-corrected chi connectivity index (χ0v) is 28.2. The number of hydrogen-bond acceptors (Lipinski definition) is 3. The van der Waals surface area contributed by atoms with Gasteiger partial charge in [0, 0.05) is 24.2 Å². The van der Waals surface area contributed by atoms with Gasteiger partial charge in [0.1, 0.15) is 0 Å². The normalized spacial score (nSPS) is 29.4. The number of benzene rings is 1. The molecule has 0 heterocycles. The number of rotatable bonds is 17. The van der Waals surface area contributed by atoms with Crippen LogP contribution in [0.3, 0.4) is 0 Å². The molecule has 0 spiro atoms. The minimum Gasteiger partial charge on any atom is -0.313 e. The van der Waals surface area contributed by atoms with Crippen LogP contribution in [-0.4, -0.2) is 24.5 Å². The van der Waals surface area contributed by atoms with Gasteiger partial charge in [-0.3, -0.25) is 14.0 Å². The molecule has 1 aromatic rings. The van der Waals surface area contributed by atoms with Crippen LogP contribution in [0.15, 0.2) is 53.6 Å². The second kappa shape index (κ2) is 14.4. The Balaban J connectivity index is 1.22. The maximum atomic E-state index is 13.5. The maximum absolute atomic E-state index is 13.5. The van der Waals surface area contributed by atoms with Crippen LogP contribution in [0, 0.1) is 28.6 Å². The summed E-state index contributed by atoms with van der Waals surface area (Å²) < 4.78 is 13.2. The summed E-state index contributed by atoms with van der Waals surface area (Å²) in [6, 6.07) is 7.02. The van der Waals surface area contributed by atoms with E-state index in [9.17, 15) is 14.0 Å². The van der Waals surface area contributed by atoms with Crippen molar-refractivity contribution in [2.75, 3.05) is 6.67 Å². The summed E-state index contributed by atoms with van der Waals surface area (Å²) in [6.45, 7) is 11.2. The van der Waals surface area contributed by atoms with E-state index in [4.69, 9.17) is 5.41 Å². The van der Waals surface area contributed by atoms with Crippen molar-refractivity contribution in [1.29, 1.82) is 5.41 Å². The number of ketones is 2. The van der Waals surface area contributed by atoms with Crippen molar-refractivity contribution in [3.63, 3.8) is 0 Å². The highest BCUT2D eigenvalue weighted by Crippen LogP contribution is 2.59. The fourth-order valence-electron chi connectivity index (χ4n) is 8.28. The monoisotopic (exact) mass is 613 g/mol. The first-order chi connectivity index (χ1) is 21.6. The molecule has 0 amide bonds. The van der Waals surface area contributed by atoms with Crippen molar-refractivity contribution < 1.29 is 14.0 Å². The van der Waals surface area contributed by atoms with Crippen LogP contribution in [0.4, 0.5) is 4.39 Å². The molecule has 4 aliphatic carbocycles. The molecule has 45 heavy (non-hydrogen) atoms. The van der Waals surface area contributed by atoms with E-state index < -0.39 is 0 Å². The number of unbranched alkanes of at least 4 members (excludes halogenated alkanes) is 2. The molecule has 0 aromatic heterocycles. The number of carbonyl (C=O) groups is 2. The van der Waals surface area contributed by atoms with Crippen LogP contribution >= 0.6 is 0 Å². The molecule has 0 saturated heterocycles. The van der Waals surface area contributed by atoms with E-state index in [0.29, 0.717) is 42.1 Å². The molecule has 0 bridgehead atoms. The van der Waals surface area contributed by atoms with Gasteiger partial charge >= 0.3 is 0 Å². The fraction of sp³-hybridized carbons (Fsp3) is 0.634. The molecule has 1 N–H and O–H groups in total. The van der Waals surface area contributed by atoms with Gasteiger partial charge in [-0.15, -0.1) is 0 Å². The Labute approximate surface area is 271 Å². The summed E-state index contributed by atoms with van der Waals surface area (Å²) in [7, 11) is 0. The van der Waals surface area contributed by atoms with Crippen molar-refractivity contribution in [2.45, 2.75) is 135 Å². The van der Waals surface area contributed by atoms with Crippen molar-refractivity contribution >= 4 is 17.8 Å². The fourth-order valence-corrected chi connectivity index (χ4v) is 8.28. The summed E-state index contributed by atoms with van der Waals surface area (Å²) in [4.78, 5) is 26.6. The molecule has 3 fully saturated rings. The summed E-state index contributed by atoms with van der Waals surface area (Å²) in [5.74, 6) is 1.84. The minimum absolute atomic E-state index is 0.00282. The zero-order chi connectivity index (χ0) is 32.2. The third-order valence-electron chi connectivity index (χ3n) is 11.5. The standard InChI is InChI=1S/C41H56FNO2/c1-28(2)35-17-16-34(41(24-29(3)25-41)30(4)36-23-33(36)26-43)22-32(35)13-10-15-39(45)37-21-31(12-7-8-14-38(37)44)11-6-5-9-18-40(27-42)19-20-40/h12,16-17,21-22,26,28-29,33,36,43H,4-11,13-15,18-20,23-25,27H2,1-3H3/b31-12-,37-21+,43-26?/t29-,33?,36?,41-. The van der Waals surface area contributed by atoms with Crippen molar-refractivity contribution in [1.82, 2.24) is 0 Å². The van der Waals surface area contributed by atoms with Crippen LogP contribution in [0.25, 0.3) is 0 Å². The highest BCUT2D eigenvalue weighted by atomic mass is 19.1. The molecule has 3 nitrogen and oxygen atoms in total. The van der Waals surface area contributed by atoms with Crippen LogP contribution in [0.2, 0.25) is 0 Å². The number of alkyl halides is 1. The molecule has 4 aliphatic rings. The number of allylic oxidation sites excluding steroid dienone is 5. The molecule has 1 aromatic carbocycles. The summed E-state index contributed by atoms with van der Waals surface area (Å²) in [6.07, 6.45) is 20.2. The Morgan fingerprint density at radius 1 is 1.13 bits per heavy atom. The lowest BCUT2D eigenvalue weighted by Gasteiger charge is -2.49. The van der Waals surface area contributed by atoms with E-state index >= 15 is 0 Å².